The maximum Gasteiger partial charge on any atom is 0.321 e. The number of anilines is 1. The number of benzene rings is 1. The van der Waals surface area contributed by atoms with Crippen LogP contribution in [0.5, 0.6) is 0 Å². The molecule has 1 aromatic rings. The lowest BCUT2D eigenvalue weighted by molar-refractivity contribution is -0.145. The zero-order valence-electron chi connectivity index (χ0n) is 14.4. The van der Waals surface area contributed by atoms with Gasteiger partial charge in [0.25, 0.3) is 0 Å². The third-order valence-corrected chi connectivity index (χ3v) is 3.62. The number of hydrogen-bond donors (Lipinski definition) is 1. The number of rotatable bonds is 9. The van der Waals surface area contributed by atoms with E-state index in [4.69, 9.17) is 21.1 Å². The number of halogens is 1. The van der Waals surface area contributed by atoms with Crippen molar-refractivity contribution < 1.29 is 19.1 Å². The van der Waals surface area contributed by atoms with Crippen molar-refractivity contribution in [3.63, 3.8) is 0 Å². The van der Waals surface area contributed by atoms with Crippen LogP contribution in [0, 0.1) is 5.92 Å². The molecule has 0 fully saturated rings. The van der Waals surface area contributed by atoms with Gasteiger partial charge in [0.1, 0.15) is 0 Å². The summed E-state index contributed by atoms with van der Waals surface area (Å²) in [5.41, 5.74) is 0.605. The molecule has 0 saturated heterocycles. The normalized spacial score (nSPS) is 11.7. The van der Waals surface area contributed by atoms with E-state index in [2.05, 4.69) is 5.32 Å². The molecule has 0 saturated carbocycles. The predicted octanol–water partition coefficient (Wildman–Crippen LogP) is 3.41. The number of methoxy groups -OCH3 is 1. The zero-order valence-corrected chi connectivity index (χ0v) is 15.1. The SMILES string of the molecule is CCOCCCN(CC(C)C(=O)OC)C(=O)Nc1cccc(Cl)c1. The minimum atomic E-state index is -0.410. The molecule has 1 N–H and O–H groups in total. The Balaban J connectivity index is 2.70. The molecule has 0 spiro atoms. The van der Waals surface area contributed by atoms with Crippen molar-refractivity contribution in [3.05, 3.63) is 29.3 Å². The third-order valence-electron chi connectivity index (χ3n) is 3.38. The first-order valence-corrected chi connectivity index (χ1v) is 8.32. The molecule has 0 heterocycles. The van der Waals surface area contributed by atoms with E-state index in [1.165, 1.54) is 7.11 Å². The first kappa shape index (κ1) is 20.3. The Morgan fingerprint density at radius 3 is 2.75 bits per heavy atom. The number of urea groups is 1. The van der Waals surface area contributed by atoms with Gasteiger partial charge in [-0.05, 0) is 31.5 Å². The van der Waals surface area contributed by atoms with Gasteiger partial charge in [-0.2, -0.15) is 0 Å². The highest BCUT2D eigenvalue weighted by atomic mass is 35.5. The van der Waals surface area contributed by atoms with Gasteiger partial charge in [-0.1, -0.05) is 24.6 Å². The molecule has 0 aliphatic rings. The Kier molecular flexibility index (Phi) is 9.19. The summed E-state index contributed by atoms with van der Waals surface area (Å²) in [5.74, 6) is -0.757. The second-order valence-electron chi connectivity index (χ2n) is 5.36. The van der Waals surface area contributed by atoms with E-state index in [-0.39, 0.29) is 18.5 Å². The van der Waals surface area contributed by atoms with Gasteiger partial charge in [0, 0.05) is 37.0 Å². The van der Waals surface area contributed by atoms with E-state index in [0.717, 1.165) is 0 Å². The van der Waals surface area contributed by atoms with E-state index >= 15 is 0 Å². The highest BCUT2D eigenvalue weighted by Crippen LogP contribution is 2.16. The molecule has 7 heteroatoms. The summed E-state index contributed by atoms with van der Waals surface area (Å²) in [6.45, 7) is 5.59. The van der Waals surface area contributed by atoms with Gasteiger partial charge < -0.3 is 19.7 Å². The molecule has 0 aliphatic carbocycles. The number of nitrogens with zero attached hydrogens (tertiary/aromatic N) is 1. The standard InChI is InChI=1S/C17H25ClN2O4/c1-4-24-10-6-9-20(12-13(2)16(21)23-3)17(22)19-15-8-5-7-14(18)11-15/h5,7-8,11,13H,4,6,9-10,12H2,1-3H3,(H,19,22). The van der Waals surface area contributed by atoms with E-state index < -0.39 is 5.92 Å². The van der Waals surface area contributed by atoms with Crippen LogP contribution in [0.3, 0.4) is 0 Å². The minimum absolute atomic E-state index is 0.269. The number of carbonyl (C=O) groups is 2. The fraction of sp³-hybridized carbons (Fsp3) is 0.529. The number of hydrogen-bond acceptors (Lipinski definition) is 4. The molecule has 0 aliphatic heterocycles. The van der Waals surface area contributed by atoms with Crippen molar-refractivity contribution >= 4 is 29.3 Å². The maximum absolute atomic E-state index is 12.5. The molecule has 1 atom stereocenters. The molecule has 0 radical (unpaired) electrons. The first-order chi connectivity index (χ1) is 11.5. The average molecular weight is 357 g/mol. The predicted molar refractivity (Wildman–Crippen MR) is 94.3 cm³/mol. The van der Waals surface area contributed by atoms with Crippen molar-refractivity contribution in [1.29, 1.82) is 0 Å². The Morgan fingerprint density at radius 2 is 2.12 bits per heavy atom. The summed E-state index contributed by atoms with van der Waals surface area (Å²) >= 11 is 5.93. The van der Waals surface area contributed by atoms with Crippen LogP contribution >= 0.6 is 11.6 Å². The van der Waals surface area contributed by atoms with Crippen LogP contribution in [0.2, 0.25) is 5.02 Å². The first-order valence-electron chi connectivity index (χ1n) is 7.95. The molecule has 0 bridgehead atoms. The highest BCUT2D eigenvalue weighted by molar-refractivity contribution is 6.30. The summed E-state index contributed by atoms with van der Waals surface area (Å²) < 4.78 is 10.0. The van der Waals surface area contributed by atoms with Gasteiger partial charge in [0.2, 0.25) is 0 Å². The van der Waals surface area contributed by atoms with Gasteiger partial charge in [0.05, 0.1) is 13.0 Å². The number of carbonyl (C=O) groups excluding carboxylic acids is 2. The average Bonchev–Trinajstić information content (AvgIpc) is 2.56. The summed E-state index contributed by atoms with van der Waals surface area (Å²) in [6, 6.07) is 6.63. The monoisotopic (exact) mass is 356 g/mol. The Morgan fingerprint density at radius 1 is 1.38 bits per heavy atom. The zero-order chi connectivity index (χ0) is 17.9. The van der Waals surface area contributed by atoms with Crippen LogP contribution in [0.4, 0.5) is 10.5 Å². The van der Waals surface area contributed by atoms with Crippen molar-refractivity contribution in [2.45, 2.75) is 20.3 Å². The highest BCUT2D eigenvalue weighted by Gasteiger charge is 2.21. The molecule has 24 heavy (non-hydrogen) atoms. The largest absolute Gasteiger partial charge is 0.469 e. The van der Waals surface area contributed by atoms with E-state index in [1.54, 1.807) is 36.1 Å². The molecular weight excluding hydrogens is 332 g/mol. The summed E-state index contributed by atoms with van der Waals surface area (Å²) in [5, 5.41) is 3.34. The van der Waals surface area contributed by atoms with Crippen molar-refractivity contribution in [3.8, 4) is 0 Å². The van der Waals surface area contributed by atoms with Crippen LogP contribution < -0.4 is 5.32 Å². The Hall–Kier alpha value is -1.79. The fourth-order valence-electron chi connectivity index (χ4n) is 2.15. The van der Waals surface area contributed by atoms with Gasteiger partial charge >= 0.3 is 12.0 Å². The summed E-state index contributed by atoms with van der Waals surface area (Å²) in [4.78, 5) is 25.7. The fourth-order valence-corrected chi connectivity index (χ4v) is 2.34. The van der Waals surface area contributed by atoms with Crippen LogP contribution in [0.15, 0.2) is 24.3 Å². The molecule has 1 rings (SSSR count). The van der Waals surface area contributed by atoms with Gasteiger partial charge in [-0.15, -0.1) is 0 Å². The quantitative estimate of drug-likeness (QED) is 0.544. The molecule has 134 valence electrons. The second-order valence-corrected chi connectivity index (χ2v) is 5.80. The molecule has 2 amide bonds. The lowest BCUT2D eigenvalue weighted by Gasteiger charge is -2.25. The van der Waals surface area contributed by atoms with Gasteiger partial charge in [0.15, 0.2) is 0 Å². The second kappa shape index (κ2) is 10.9. The van der Waals surface area contributed by atoms with Crippen LogP contribution in [-0.2, 0) is 14.3 Å². The summed E-state index contributed by atoms with van der Waals surface area (Å²) in [6.07, 6.45) is 0.685. The number of amides is 2. The number of nitrogens with one attached hydrogen (secondary N) is 1. The third kappa shape index (κ3) is 7.19. The lowest BCUT2D eigenvalue weighted by atomic mass is 10.1. The maximum atomic E-state index is 12.5. The Labute approximate surface area is 148 Å². The molecule has 0 aromatic heterocycles. The van der Waals surface area contributed by atoms with E-state index in [1.807, 2.05) is 6.92 Å². The van der Waals surface area contributed by atoms with E-state index in [0.29, 0.717) is 36.9 Å². The van der Waals surface area contributed by atoms with Gasteiger partial charge in [-0.3, -0.25) is 4.79 Å². The van der Waals surface area contributed by atoms with Crippen LogP contribution in [-0.4, -0.2) is 50.3 Å². The smallest absolute Gasteiger partial charge is 0.321 e. The van der Waals surface area contributed by atoms with Crippen LogP contribution in [0.1, 0.15) is 20.3 Å². The van der Waals surface area contributed by atoms with Crippen molar-refractivity contribution in [2.75, 3.05) is 38.7 Å². The molecule has 1 unspecified atom stereocenters. The van der Waals surface area contributed by atoms with Crippen molar-refractivity contribution in [2.24, 2.45) is 5.92 Å². The van der Waals surface area contributed by atoms with E-state index in [9.17, 15) is 9.59 Å². The number of esters is 1. The Bertz CT molecular complexity index is 539. The molecule has 6 nitrogen and oxygen atoms in total. The lowest BCUT2D eigenvalue weighted by Crippen LogP contribution is -2.40. The molecule has 1 aromatic carbocycles. The summed E-state index contributed by atoms with van der Waals surface area (Å²) in [7, 11) is 1.34. The topological polar surface area (TPSA) is 67.9 Å². The van der Waals surface area contributed by atoms with Crippen LogP contribution in [0.25, 0.3) is 0 Å². The van der Waals surface area contributed by atoms with Crippen molar-refractivity contribution in [1.82, 2.24) is 4.90 Å². The molecular formula is C17H25ClN2O4. The number of ether oxygens (including phenoxy) is 2. The van der Waals surface area contributed by atoms with Gasteiger partial charge in [-0.25, -0.2) is 4.79 Å². The minimum Gasteiger partial charge on any atom is -0.469 e.